The Bertz CT molecular complexity index is 950. The van der Waals surface area contributed by atoms with Crippen LogP contribution in [0.2, 0.25) is 0 Å². The van der Waals surface area contributed by atoms with Crippen LogP contribution in [-0.4, -0.2) is 30.2 Å². The van der Waals surface area contributed by atoms with Crippen molar-refractivity contribution in [2.45, 2.75) is 19.3 Å². The van der Waals surface area contributed by atoms with Gasteiger partial charge >= 0.3 is 0 Å². The van der Waals surface area contributed by atoms with E-state index in [2.05, 4.69) is 29.2 Å². The smallest absolute Gasteiger partial charge is 0.165 e. The molecule has 6 heteroatoms. The van der Waals surface area contributed by atoms with Crippen molar-refractivity contribution in [2.24, 2.45) is 11.8 Å². The van der Waals surface area contributed by atoms with Crippen LogP contribution in [0.15, 0.2) is 42.6 Å². The van der Waals surface area contributed by atoms with Crippen LogP contribution < -0.4 is 16.6 Å². The highest BCUT2D eigenvalue weighted by Crippen LogP contribution is 2.27. The summed E-state index contributed by atoms with van der Waals surface area (Å²) in [5, 5.41) is 2.55. The maximum atomic E-state index is 6.08. The number of pyridine rings is 2. The fourth-order valence-electron chi connectivity index (χ4n) is 3.64. The van der Waals surface area contributed by atoms with E-state index in [0.717, 1.165) is 54.6 Å². The van der Waals surface area contributed by atoms with Gasteiger partial charge in [-0.05, 0) is 48.9 Å². The SMILES string of the molecule is CN(N)c1ncc(-c2ccc3ccc(CC4CCOCC4)cc3n2)cc1N. The molecule has 3 aromatic rings. The average Bonchev–Trinajstić information content (AvgIpc) is 2.68. The van der Waals surface area contributed by atoms with E-state index in [0.29, 0.717) is 17.4 Å². The van der Waals surface area contributed by atoms with Crippen LogP contribution in [-0.2, 0) is 11.2 Å². The van der Waals surface area contributed by atoms with E-state index in [9.17, 15) is 0 Å². The lowest BCUT2D eigenvalue weighted by Crippen LogP contribution is -2.27. The number of nitrogens with two attached hydrogens (primary N) is 2. The van der Waals surface area contributed by atoms with Crippen molar-refractivity contribution in [3.8, 4) is 11.3 Å². The summed E-state index contributed by atoms with van der Waals surface area (Å²) in [6, 6.07) is 12.5. The molecule has 6 nitrogen and oxygen atoms in total. The lowest BCUT2D eigenvalue weighted by atomic mass is 9.92. The number of hydrogen-bond acceptors (Lipinski definition) is 6. The molecule has 0 radical (unpaired) electrons. The Morgan fingerprint density at radius 2 is 1.93 bits per heavy atom. The average molecular weight is 363 g/mol. The first-order valence-electron chi connectivity index (χ1n) is 9.32. The lowest BCUT2D eigenvalue weighted by molar-refractivity contribution is 0.0665. The molecular weight excluding hydrogens is 338 g/mol. The van der Waals surface area contributed by atoms with Gasteiger partial charge in [-0.15, -0.1) is 0 Å². The summed E-state index contributed by atoms with van der Waals surface area (Å²) < 4.78 is 5.47. The molecule has 0 aliphatic carbocycles. The fraction of sp³-hybridized carbons (Fsp3) is 0.333. The molecule has 0 bridgehead atoms. The molecule has 0 unspecified atom stereocenters. The molecule has 0 spiro atoms. The summed E-state index contributed by atoms with van der Waals surface area (Å²) in [5.74, 6) is 6.99. The molecule has 3 heterocycles. The molecule has 0 amide bonds. The molecule has 1 fully saturated rings. The van der Waals surface area contributed by atoms with Crippen molar-refractivity contribution in [1.29, 1.82) is 0 Å². The van der Waals surface area contributed by atoms with Gasteiger partial charge in [0.15, 0.2) is 5.82 Å². The zero-order chi connectivity index (χ0) is 18.8. The monoisotopic (exact) mass is 363 g/mol. The predicted molar refractivity (Wildman–Crippen MR) is 109 cm³/mol. The van der Waals surface area contributed by atoms with E-state index >= 15 is 0 Å². The first kappa shape index (κ1) is 17.7. The normalized spacial score (nSPS) is 15.2. The fourth-order valence-corrected chi connectivity index (χ4v) is 3.64. The highest BCUT2D eigenvalue weighted by atomic mass is 16.5. The lowest BCUT2D eigenvalue weighted by Gasteiger charge is -2.22. The molecular formula is C21H25N5O. The first-order chi connectivity index (χ1) is 13.1. The van der Waals surface area contributed by atoms with E-state index in [4.69, 9.17) is 21.3 Å². The van der Waals surface area contributed by atoms with Gasteiger partial charge in [0.25, 0.3) is 0 Å². The quantitative estimate of drug-likeness (QED) is 0.547. The maximum absolute atomic E-state index is 6.08. The van der Waals surface area contributed by atoms with Crippen molar-refractivity contribution in [3.05, 3.63) is 48.2 Å². The molecule has 140 valence electrons. The molecule has 4 rings (SSSR count). The van der Waals surface area contributed by atoms with E-state index in [-0.39, 0.29) is 0 Å². The Kier molecular flexibility index (Phi) is 4.92. The number of aromatic nitrogens is 2. The minimum atomic E-state index is 0.535. The third-order valence-electron chi connectivity index (χ3n) is 5.15. The molecule has 2 aromatic heterocycles. The molecule has 0 atom stereocenters. The van der Waals surface area contributed by atoms with Gasteiger partial charge in [0.2, 0.25) is 0 Å². The van der Waals surface area contributed by atoms with Crippen LogP contribution in [0.25, 0.3) is 22.2 Å². The van der Waals surface area contributed by atoms with E-state index in [1.54, 1.807) is 13.2 Å². The van der Waals surface area contributed by atoms with Crippen LogP contribution in [0.1, 0.15) is 18.4 Å². The van der Waals surface area contributed by atoms with Gasteiger partial charge in [0.1, 0.15) is 0 Å². The summed E-state index contributed by atoms with van der Waals surface area (Å²) in [6.45, 7) is 1.76. The molecule has 1 saturated heterocycles. The van der Waals surface area contributed by atoms with Crippen molar-refractivity contribution < 1.29 is 4.74 Å². The van der Waals surface area contributed by atoms with Gasteiger partial charge in [-0.2, -0.15) is 0 Å². The van der Waals surface area contributed by atoms with E-state index in [1.165, 1.54) is 10.6 Å². The largest absolute Gasteiger partial charge is 0.396 e. The number of rotatable bonds is 4. The van der Waals surface area contributed by atoms with E-state index in [1.807, 2.05) is 12.1 Å². The summed E-state index contributed by atoms with van der Waals surface area (Å²) in [6.07, 6.45) is 5.11. The van der Waals surface area contributed by atoms with Gasteiger partial charge in [-0.3, -0.25) is 5.01 Å². The number of ether oxygens (including phenoxy) is 1. The Labute approximate surface area is 159 Å². The van der Waals surface area contributed by atoms with Crippen LogP contribution in [0.4, 0.5) is 11.5 Å². The summed E-state index contributed by atoms with van der Waals surface area (Å²) in [7, 11) is 1.71. The number of hydrazine groups is 1. The number of nitrogen functional groups attached to an aromatic ring is 1. The zero-order valence-electron chi connectivity index (χ0n) is 15.6. The Balaban J connectivity index is 1.63. The maximum Gasteiger partial charge on any atom is 0.165 e. The van der Waals surface area contributed by atoms with Crippen molar-refractivity contribution in [1.82, 2.24) is 9.97 Å². The first-order valence-corrected chi connectivity index (χ1v) is 9.32. The van der Waals surface area contributed by atoms with Crippen LogP contribution in [0.3, 0.4) is 0 Å². The third-order valence-corrected chi connectivity index (χ3v) is 5.15. The van der Waals surface area contributed by atoms with Gasteiger partial charge in [-0.25, -0.2) is 15.8 Å². The number of anilines is 2. The molecule has 0 saturated carbocycles. The minimum absolute atomic E-state index is 0.535. The van der Waals surface area contributed by atoms with Gasteiger partial charge in [-0.1, -0.05) is 18.2 Å². The van der Waals surface area contributed by atoms with Crippen molar-refractivity contribution in [2.75, 3.05) is 31.0 Å². The Morgan fingerprint density at radius 1 is 1.15 bits per heavy atom. The highest BCUT2D eigenvalue weighted by Gasteiger charge is 2.15. The minimum Gasteiger partial charge on any atom is -0.396 e. The van der Waals surface area contributed by atoms with E-state index < -0.39 is 0 Å². The number of nitrogens with zero attached hydrogens (tertiary/aromatic N) is 3. The van der Waals surface area contributed by atoms with Crippen LogP contribution in [0.5, 0.6) is 0 Å². The van der Waals surface area contributed by atoms with Crippen molar-refractivity contribution in [3.63, 3.8) is 0 Å². The predicted octanol–water partition coefficient (Wildman–Crippen LogP) is 3.16. The molecule has 27 heavy (non-hydrogen) atoms. The van der Waals surface area contributed by atoms with Crippen LogP contribution >= 0.6 is 0 Å². The van der Waals surface area contributed by atoms with Crippen LogP contribution in [0, 0.1) is 5.92 Å². The number of hydrogen-bond donors (Lipinski definition) is 2. The topological polar surface area (TPSA) is 90.3 Å². The zero-order valence-corrected chi connectivity index (χ0v) is 15.6. The standard InChI is InChI=1S/C21H25N5O/c1-26(23)21-18(22)12-17(13-24-21)19-5-4-16-3-2-15(11-20(16)25-19)10-14-6-8-27-9-7-14/h2-5,11-14H,6-10,22-23H2,1H3. The second kappa shape index (κ2) is 7.50. The molecule has 1 aliphatic heterocycles. The summed E-state index contributed by atoms with van der Waals surface area (Å²) >= 11 is 0. The molecule has 4 N–H and O–H groups in total. The number of fused-ring (bicyclic) bond motifs is 1. The molecule has 1 aliphatic rings. The summed E-state index contributed by atoms with van der Waals surface area (Å²) in [4.78, 5) is 9.20. The van der Waals surface area contributed by atoms with Crippen molar-refractivity contribution >= 4 is 22.4 Å². The Hall–Kier alpha value is -2.70. The van der Waals surface area contributed by atoms with Gasteiger partial charge < -0.3 is 10.5 Å². The van der Waals surface area contributed by atoms with Gasteiger partial charge in [0.05, 0.1) is 16.9 Å². The Morgan fingerprint density at radius 3 is 2.67 bits per heavy atom. The molecule has 1 aromatic carbocycles. The second-order valence-corrected chi connectivity index (χ2v) is 7.23. The third kappa shape index (κ3) is 3.86. The highest BCUT2D eigenvalue weighted by molar-refractivity contribution is 5.83. The number of benzene rings is 1. The second-order valence-electron chi connectivity index (χ2n) is 7.23. The van der Waals surface area contributed by atoms with Gasteiger partial charge in [0, 0.05) is 37.4 Å². The summed E-state index contributed by atoms with van der Waals surface area (Å²) in [5.41, 5.74) is 10.7.